The van der Waals surface area contributed by atoms with Crippen molar-refractivity contribution in [3.05, 3.63) is 29.8 Å². The highest BCUT2D eigenvalue weighted by Gasteiger charge is 2.23. The molecule has 0 aromatic heterocycles. The van der Waals surface area contributed by atoms with Gasteiger partial charge in [0.05, 0.1) is 6.10 Å². The maximum atomic E-state index is 11.7. The average Bonchev–Trinajstić information content (AvgIpc) is 3.55. The fourth-order valence-corrected chi connectivity index (χ4v) is 3.10. The summed E-state index contributed by atoms with van der Waals surface area (Å²) in [5.41, 5.74) is 1.20. The van der Waals surface area contributed by atoms with Crippen molar-refractivity contribution in [1.82, 2.24) is 16.0 Å². The molecule has 1 aliphatic carbocycles. The molecule has 3 N–H and O–H groups in total. The number of guanidine groups is 1. The molecule has 8 heteroatoms. The van der Waals surface area contributed by atoms with E-state index in [1.807, 2.05) is 31.2 Å². The molecular weight excluding hydrogens is 507 g/mol. The van der Waals surface area contributed by atoms with E-state index < -0.39 is 0 Å². The standard InChI is InChI=1S/C23H38N4O3.HI/c1-5-29-21(17(2)3)13-15-26-23(24-4)25-14-12-18-6-10-20(11-7-18)30-16-22(28)27-19-8-9-19;/h6-7,10-11,17,19,21H,5,8-9,12-16H2,1-4H3,(H,27,28)(H2,24,25,26);1H. The Morgan fingerprint density at radius 2 is 1.84 bits per heavy atom. The summed E-state index contributed by atoms with van der Waals surface area (Å²) < 4.78 is 11.3. The van der Waals surface area contributed by atoms with Gasteiger partial charge in [-0.3, -0.25) is 9.79 Å². The van der Waals surface area contributed by atoms with E-state index in [1.54, 1.807) is 7.05 Å². The molecular formula is C23H39IN4O3. The van der Waals surface area contributed by atoms with Crippen LogP contribution in [0, 0.1) is 5.92 Å². The van der Waals surface area contributed by atoms with Crippen molar-refractivity contribution in [2.75, 3.05) is 33.4 Å². The molecule has 1 amide bonds. The number of ether oxygens (including phenoxy) is 2. The van der Waals surface area contributed by atoms with Gasteiger partial charge in [0.1, 0.15) is 5.75 Å². The van der Waals surface area contributed by atoms with Crippen LogP contribution in [0.3, 0.4) is 0 Å². The second-order valence-electron chi connectivity index (χ2n) is 7.98. The van der Waals surface area contributed by atoms with Crippen LogP contribution < -0.4 is 20.7 Å². The molecule has 1 aromatic rings. The quantitative estimate of drug-likeness (QED) is 0.201. The summed E-state index contributed by atoms with van der Waals surface area (Å²) in [6.07, 6.45) is 4.25. The first-order chi connectivity index (χ1) is 14.5. The van der Waals surface area contributed by atoms with E-state index in [9.17, 15) is 4.79 Å². The second-order valence-corrected chi connectivity index (χ2v) is 7.98. The minimum Gasteiger partial charge on any atom is -0.484 e. The van der Waals surface area contributed by atoms with Gasteiger partial charge in [0.2, 0.25) is 0 Å². The highest BCUT2D eigenvalue weighted by Crippen LogP contribution is 2.18. The number of amides is 1. The van der Waals surface area contributed by atoms with E-state index in [-0.39, 0.29) is 42.6 Å². The van der Waals surface area contributed by atoms with Gasteiger partial charge in [-0.15, -0.1) is 24.0 Å². The van der Waals surface area contributed by atoms with E-state index in [4.69, 9.17) is 9.47 Å². The SMILES string of the molecule is CCOC(CCNC(=NC)NCCc1ccc(OCC(=O)NC2CC2)cc1)C(C)C.I. The predicted molar refractivity (Wildman–Crippen MR) is 136 cm³/mol. The summed E-state index contributed by atoms with van der Waals surface area (Å²) in [5.74, 6) is 1.96. The van der Waals surface area contributed by atoms with Crippen LogP contribution in [0.5, 0.6) is 5.75 Å². The van der Waals surface area contributed by atoms with Crippen molar-refractivity contribution < 1.29 is 14.3 Å². The molecule has 2 rings (SSSR count). The smallest absolute Gasteiger partial charge is 0.258 e. The van der Waals surface area contributed by atoms with Gasteiger partial charge in [-0.1, -0.05) is 26.0 Å². The lowest BCUT2D eigenvalue weighted by Crippen LogP contribution is -2.40. The number of carbonyl (C=O) groups excluding carboxylic acids is 1. The normalized spacial score (nSPS) is 14.5. The molecule has 1 fully saturated rings. The van der Waals surface area contributed by atoms with Gasteiger partial charge in [-0.05, 0) is 56.2 Å². The lowest BCUT2D eigenvalue weighted by Gasteiger charge is -2.21. The number of carbonyl (C=O) groups is 1. The molecule has 0 radical (unpaired) electrons. The Kier molecular flexibility index (Phi) is 13.6. The Hall–Kier alpha value is -1.55. The number of nitrogens with zero attached hydrogens (tertiary/aromatic N) is 1. The predicted octanol–water partition coefficient (Wildman–Crippen LogP) is 3.12. The molecule has 1 aromatic carbocycles. The van der Waals surface area contributed by atoms with Crippen molar-refractivity contribution >= 4 is 35.8 Å². The number of halogens is 1. The summed E-state index contributed by atoms with van der Waals surface area (Å²) in [7, 11) is 1.78. The Bertz CT molecular complexity index is 663. The first-order valence-electron chi connectivity index (χ1n) is 11.1. The molecule has 0 saturated heterocycles. The van der Waals surface area contributed by atoms with Crippen molar-refractivity contribution in [3.8, 4) is 5.75 Å². The Morgan fingerprint density at radius 1 is 1.16 bits per heavy atom. The van der Waals surface area contributed by atoms with E-state index in [1.165, 1.54) is 5.56 Å². The molecule has 0 aliphatic heterocycles. The molecule has 176 valence electrons. The fourth-order valence-electron chi connectivity index (χ4n) is 3.10. The zero-order chi connectivity index (χ0) is 21.8. The zero-order valence-electron chi connectivity index (χ0n) is 19.3. The summed E-state index contributed by atoms with van der Waals surface area (Å²) in [5, 5.41) is 9.62. The molecule has 1 saturated carbocycles. The lowest BCUT2D eigenvalue weighted by molar-refractivity contribution is -0.123. The van der Waals surface area contributed by atoms with Crippen LogP contribution in [0.25, 0.3) is 0 Å². The van der Waals surface area contributed by atoms with Gasteiger partial charge in [-0.25, -0.2) is 0 Å². The molecule has 1 atom stereocenters. The summed E-state index contributed by atoms with van der Waals surface area (Å²) in [6.45, 7) is 8.83. The fraction of sp³-hybridized carbons (Fsp3) is 0.652. The van der Waals surface area contributed by atoms with Crippen LogP contribution in [0.4, 0.5) is 0 Å². The Labute approximate surface area is 204 Å². The van der Waals surface area contributed by atoms with E-state index in [2.05, 4.69) is 34.8 Å². The first kappa shape index (κ1) is 27.5. The van der Waals surface area contributed by atoms with Crippen LogP contribution in [-0.4, -0.2) is 57.4 Å². The summed E-state index contributed by atoms with van der Waals surface area (Å²) in [6, 6.07) is 8.24. The second kappa shape index (κ2) is 15.3. The van der Waals surface area contributed by atoms with Gasteiger partial charge in [0.15, 0.2) is 12.6 Å². The molecule has 1 unspecified atom stereocenters. The van der Waals surface area contributed by atoms with Crippen LogP contribution in [-0.2, 0) is 16.0 Å². The van der Waals surface area contributed by atoms with Crippen LogP contribution in [0.2, 0.25) is 0 Å². The minimum absolute atomic E-state index is 0. The number of aliphatic imine (C=N–C) groups is 1. The van der Waals surface area contributed by atoms with E-state index >= 15 is 0 Å². The molecule has 31 heavy (non-hydrogen) atoms. The number of rotatable bonds is 13. The monoisotopic (exact) mass is 546 g/mol. The Balaban J connectivity index is 0.00000480. The number of hydrogen-bond donors (Lipinski definition) is 3. The molecule has 0 spiro atoms. The molecule has 1 aliphatic rings. The largest absolute Gasteiger partial charge is 0.484 e. The van der Waals surface area contributed by atoms with E-state index in [0.717, 1.165) is 51.3 Å². The van der Waals surface area contributed by atoms with Gasteiger partial charge in [0, 0.05) is 32.8 Å². The van der Waals surface area contributed by atoms with Crippen LogP contribution >= 0.6 is 24.0 Å². The van der Waals surface area contributed by atoms with Gasteiger partial charge in [0.25, 0.3) is 5.91 Å². The first-order valence-corrected chi connectivity index (χ1v) is 11.1. The van der Waals surface area contributed by atoms with Crippen LogP contribution in [0.1, 0.15) is 45.6 Å². The van der Waals surface area contributed by atoms with Crippen LogP contribution in [0.15, 0.2) is 29.3 Å². The third-order valence-corrected chi connectivity index (χ3v) is 5.01. The zero-order valence-corrected chi connectivity index (χ0v) is 21.6. The third kappa shape index (κ3) is 11.6. The van der Waals surface area contributed by atoms with Gasteiger partial charge >= 0.3 is 0 Å². The summed E-state index contributed by atoms with van der Waals surface area (Å²) in [4.78, 5) is 16.0. The van der Waals surface area contributed by atoms with Crippen molar-refractivity contribution in [1.29, 1.82) is 0 Å². The number of benzene rings is 1. The lowest BCUT2D eigenvalue weighted by atomic mass is 10.0. The third-order valence-electron chi connectivity index (χ3n) is 5.01. The highest BCUT2D eigenvalue weighted by molar-refractivity contribution is 14.0. The van der Waals surface area contributed by atoms with Crippen molar-refractivity contribution in [2.45, 2.75) is 58.6 Å². The molecule has 7 nitrogen and oxygen atoms in total. The maximum absolute atomic E-state index is 11.7. The topological polar surface area (TPSA) is 84.0 Å². The molecule has 0 bridgehead atoms. The number of hydrogen-bond acceptors (Lipinski definition) is 4. The Morgan fingerprint density at radius 3 is 2.42 bits per heavy atom. The highest BCUT2D eigenvalue weighted by atomic mass is 127. The molecule has 0 heterocycles. The maximum Gasteiger partial charge on any atom is 0.258 e. The van der Waals surface area contributed by atoms with Crippen molar-refractivity contribution in [2.24, 2.45) is 10.9 Å². The minimum atomic E-state index is -0.0503. The average molecular weight is 546 g/mol. The summed E-state index contributed by atoms with van der Waals surface area (Å²) >= 11 is 0. The number of nitrogens with one attached hydrogen (secondary N) is 3. The van der Waals surface area contributed by atoms with Gasteiger partial charge < -0.3 is 25.4 Å². The van der Waals surface area contributed by atoms with Crippen molar-refractivity contribution in [3.63, 3.8) is 0 Å². The van der Waals surface area contributed by atoms with Gasteiger partial charge in [-0.2, -0.15) is 0 Å². The van der Waals surface area contributed by atoms with E-state index in [0.29, 0.717) is 17.7 Å².